The summed E-state index contributed by atoms with van der Waals surface area (Å²) in [6.07, 6.45) is 17.2. The Balaban J connectivity index is 2.65. The third-order valence-electron chi connectivity index (χ3n) is 3.97. The molecule has 0 radical (unpaired) electrons. The lowest BCUT2D eigenvalue weighted by atomic mass is 9.98. The molecule has 1 nitrogen and oxygen atoms in total. The van der Waals surface area contributed by atoms with E-state index in [0.717, 1.165) is 36.2 Å². The zero-order valence-electron chi connectivity index (χ0n) is 14.8. The van der Waals surface area contributed by atoms with Gasteiger partial charge in [-0.2, -0.15) is 11.8 Å². The van der Waals surface area contributed by atoms with Crippen LogP contribution in [0.15, 0.2) is 71.0 Å². The molecule has 0 aliphatic carbocycles. The number of nitrogens with two attached hydrogens (primary N) is 1. The van der Waals surface area contributed by atoms with E-state index in [4.69, 9.17) is 17.3 Å². The summed E-state index contributed by atoms with van der Waals surface area (Å²) < 4.78 is 0. The van der Waals surface area contributed by atoms with Crippen molar-refractivity contribution in [3.8, 4) is 0 Å². The molecular weight excluding hydrogens is 334 g/mol. The molecule has 0 aromatic rings. The monoisotopic (exact) mass is 363 g/mol. The Labute approximate surface area is 157 Å². The van der Waals surface area contributed by atoms with Crippen molar-refractivity contribution in [1.29, 1.82) is 0 Å². The van der Waals surface area contributed by atoms with Crippen LogP contribution in [0.1, 0.15) is 45.4 Å². The smallest absolute Gasteiger partial charge is 0.0634 e. The van der Waals surface area contributed by atoms with E-state index in [1.165, 1.54) is 30.6 Å². The van der Waals surface area contributed by atoms with Crippen molar-refractivity contribution >= 4 is 23.4 Å². The average Bonchev–Trinajstić information content (AvgIpc) is 2.64. The van der Waals surface area contributed by atoms with Gasteiger partial charge in [0, 0.05) is 5.75 Å². The lowest BCUT2D eigenvalue weighted by Crippen LogP contribution is -2.03. The van der Waals surface area contributed by atoms with Crippen LogP contribution in [-0.2, 0) is 0 Å². The summed E-state index contributed by atoms with van der Waals surface area (Å²) in [7, 11) is 0. The first-order valence-corrected chi connectivity index (χ1v) is 10.2. The summed E-state index contributed by atoms with van der Waals surface area (Å²) in [5.74, 6) is 2.30. The third-order valence-corrected chi connectivity index (χ3v) is 5.28. The Morgan fingerprint density at radius 1 is 1.29 bits per heavy atom. The van der Waals surface area contributed by atoms with E-state index >= 15 is 0 Å². The Kier molecular flexibility index (Phi) is 10.7. The molecule has 0 saturated heterocycles. The van der Waals surface area contributed by atoms with Crippen molar-refractivity contribution in [2.45, 2.75) is 45.4 Å². The van der Waals surface area contributed by atoms with Gasteiger partial charge in [-0.05, 0) is 67.6 Å². The lowest BCUT2D eigenvalue weighted by molar-refractivity contribution is 0.735. The predicted molar refractivity (Wildman–Crippen MR) is 112 cm³/mol. The highest BCUT2D eigenvalue weighted by Gasteiger charge is 2.06. The Morgan fingerprint density at radius 2 is 2.08 bits per heavy atom. The second-order valence-electron chi connectivity index (χ2n) is 5.95. The van der Waals surface area contributed by atoms with Crippen molar-refractivity contribution in [3.63, 3.8) is 0 Å². The summed E-state index contributed by atoms with van der Waals surface area (Å²) in [5.41, 5.74) is 9.88. The van der Waals surface area contributed by atoms with Gasteiger partial charge in [-0.15, -0.1) is 0 Å². The normalized spacial score (nSPS) is 21.3. The van der Waals surface area contributed by atoms with Crippen LogP contribution in [-0.4, -0.2) is 11.5 Å². The maximum Gasteiger partial charge on any atom is 0.0634 e. The number of halogens is 1. The number of rotatable bonds is 6. The molecule has 0 aromatic carbocycles. The van der Waals surface area contributed by atoms with Crippen molar-refractivity contribution in [2.75, 3.05) is 11.5 Å². The van der Waals surface area contributed by atoms with Gasteiger partial charge in [-0.3, -0.25) is 0 Å². The van der Waals surface area contributed by atoms with E-state index in [0.29, 0.717) is 10.7 Å². The standard InChI is InChI=1S/C21H30ClNS/c1-4-10-20(22)21(23)18(3)13-12-17(2)19-11-8-6-5-7-9-15-24-16-14-19/h4,8,10-11,14H,2-3,5-7,9,12-13,15-16,23H2,1H3/b10-4-,11-8-,19-14+,21-20+. The molecule has 0 atom stereocenters. The van der Waals surface area contributed by atoms with Gasteiger partial charge in [0.2, 0.25) is 0 Å². The third kappa shape index (κ3) is 8.12. The molecule has 0 unspecified atom stereocenters. The molecule has 1 aliphatic rings. The highest BCUT2D eigenvalue weighted by atomic mass is 35.5. The second-order valence-corrected chi connectivity index (χ2v) is 7.51. The van der Waals surface area contributed by atoms with Gasteiger partial charge in [0.05, 0.1) is 10.7 Å². The molecule has 0 amide bonds. The van der Waals surface area contributed by atoms with E-state index < -0.39 is 0 Å². The first kappa shape index (κ1) is 20.9. The zero-order valence-corrected chi connectivity index (χ0v) is 16.4. The molecule has 0 spiro atoms. The van der Waals surface area contributed by atoms with Crippen molar-refractivity contribution in [1.82, 2.24) is 0 Å². The fourth-order valence-electron chi connectivity index (χ4n) is 2.40. The van der Waals surface area contributed by atoms with Gasteiger partial charge in [0.25, 0.3) is 0 Å². The van der Waals surface area contributed by atoms with Crippen LogP contribution in [0.5, 0.6) is 0 Å². The van der Waals surface area contributed by atoms with E-state index in [2.05, 4.69) is 31.4 Å². The fourth-order valence-corrected chi connectivity index (χ4v) is 3.53. The van der Waals surface area contributed by atoms with Gasteiger partial charge >= 0.3 is 0 Å². The number of thioether (sulfide) groups is 1. The largest absolute Gasteiger partial charge is 0.397 e. The number of hydrogen-bond donors (Lipinski definition) is 1. The average molecular weight is 364 g/mol. The van der Waals surface area contributed by atoms with Crippen molar-refractivity contribution in [3.05, 3.63) is 71.0 Å². The highest BCUT2D eigenvalue weighted by molar-refractivity contribution is 7.99. The van der Waals surface area contributed by atoms with Crippen LogP contribution in [0.3, 0.4) is 0 Å². The lowest BCUT2D eigenvalue weighted by Gasteiger charge is -2.11. The summed E-state index contributed by atoms with van der Waals surface area (Å²) in [4.78, 5) is 0. The van der Waals surface area contributed by atoms with Crippen LogP contribution >= 0.6 is 23.4 Å². The van der Waals surface area contributed by atoms with Crippen molar-refractivity contribution < 1.29 is 0 Å². The van der Waals surface area contributed by atoms with Crippen LogP contribution in [0, 0.1) is 0 Å². The molecule has 24 heavy (non-hydrogen) atoms. The minimum Gasteiger partial charge on any atom is -0.397 e. The van der Waals surface area contributed by atoms with E-state index in [1.807, 2.05) is 24.8 Å². The molecule has 3 heteroatoms. The van der Waals surface area contributed by atoms with Crippen LogP contribution in [0.25, 0.3) is 0 Å². The fraction of sp³-hybridized carbons (Fsp3) is 0.429. The van der Waals surface area contributed by atoms with Gasteiger partial charge < -0.3 is 5.73 Å². The SMILES string of the molecule is C=C(CCC(=C)/C(N)=C(Cl)/C=C\C)C1=C/CSCCCCC/C=C\1. The van der Waals surface area contributed by atoms with Crippen LogP contribution < -0.4 is 5.73 Å². The highest BCUT2D eigenvalue weighted by Crippen LogP contribution is 2.24. The first-order chi connectivity index (χ1) is 11.6. The molecule has 0 bridgehead atoms. The minimum atomic E-state index is 0.554. The summed E-state index contributed by atoms with van der Waals surface area (Å²) in [6, 6.07) is 0. The molecular formula is C21H30ClNS. The number of allylic oxidation sites excluding steroid dienone is 8. The Hall–Kier alpha value is -1.12. The first-order valence-electron chi connectivity index (χ1n) is 8.65. The molecule has 0 aromatic heterocycles. The van der Waals surface area contributed by atoms with Gasteiger partial charge in [-0.1, -0.05) is 55.5 Å². The van der Waals surface area contributed by atoms with Gasteiger partial charge in [-0.25, -0.2) is 0 Å². The zero-order chi connectivity index (χ0) is 17.8. The van der Waals surface area contributed by atoms with Crippen LogP contribution in [0.2, 0.25) is 0 Å². The second kappa shape index (κ2) is 12.3. The quantitative estimate of drug-likeness (QED) is 0.534. The van der Waals surface area contributed by atoms with Gasteiger partial charge in [0.15, 0.2) is 0 Å². The minimum absolute atomic E-state index is 0.554. The summed E-state index contributed by atoms with van der Waals surface area (Å²) in [5, 5.41) is 0.554. The topological polar surface area (TPSA) is 26.0 Å². The maximum absolute atomic E-state index is 6.14. The molecule has 0 fully saturated rings. The van der Waals surface area contributed by atoms with E-state index in [-0.39, 0.29) is 0 Å². The molecule has 1 aliphatic heterocycles. The summed E-state index contributed by atoms with van der Waals surface area (Å²) >= 11 is 8.14. The maximum atomic E-state index is 6.14. The van der Waals surface area contributed by atoms with E-state index in [1.54, 1.807) is 6.08 Å². The molecule has 2 N–H and O–H groups in total. The molecule has 132 valence electrons. The molecule has 1 rings (SSSR count). The number of hydrogen-bond acceptors (Lipinski definition) is 2. The Morgan fingerprint density at radius 3 is 2.83 bits per heavy atom. The van der Waals surface area contributed by atoms with Crippen LogP contribution in [0.4, 0.5) is 0 Å². The van der Waals surface area contributed by atoms with E-state index in [9.17, 15) is 0 Å². The molecule has 0 saturated carbocycles. The predicted octanol–water partition coefficient (Wildman–Crippen LogP) is 6.65. The molecule has 1 heterocycles. The Bertz CT molecular complexity index is 552. The summed E-state index contributed by atoms with van der Waals surface area (Å²) in [6.45, 7) is 10.2. The van der Waals surface area contributed by atoms with Gasteiger partial charge in [0.1, 0.15) is 0 Å². The van der Waals surface area contributed by atoms with Crippen molar-refractivity contribution in [2.24, 2.45) is 5.73 Å².